The van der Waals surface area contributed by atoms with E-state index in [-0.39, 0.29) is 5.95 Å². The summed E-state index contributed by atoms with van der Waals surface area (Å²) >= 11 is 5.26. The van der Waals surface area contributed by atoms with E-state index in [2.05, 4.69) is 29.9 Å². The highest BCUT2D eigenvalue weighted by Gasteiger charge is 2.16. The zero-order valence-electron chi connectivity index (χ0n) is 12.3. The van der Waals surface area contributed by atoms with Crippen molar-refractivity contribution in [2.24, 2.45) is 0 Å². The van der Waals surface area contributed by atoms with E-state index in [9.17, 15) is 0 Å². The van der Waals surface area contributed by atoms with Crippen molar-refractivity contribution in [1.29, 1.82) is 0 Å². The molecule has 0 aromatic carbocycles. The molecule has 24 heavy (non-hydrogen) atoms. The number of aromatic nitrogens is 6. The van der Waals surface area contributed by atoms with E-state index < -0.39 is 0 Å². The van der Waals surface area contributed by atoms with Gasteiger partial charge in [-0.05, 0) is 24.3 Å². The maximum absolute atomic E-state index is 5.73. The number of hydrogen-bond acceptors (Lipinski definition) is 7. The number of hydrogen-bond donors (Lipinski definition) is 2. The molecule has 0 saturated heterocycles. The Bertz CT molecular complexity index is 1080. The molecule has 4 aromatic rings. The number of nitrogens with zero attached hydrogens (tertiary/aromatic N) is 5. The van der Waals surface area contributed by atoms with Crippen LogP contribution in [0.2, 0.25) is 0 Å². The van der Waals surface area contributed by atoms with Crippen LogP contribution in [0.1, 0.15) is 0 Å². The minimum Gasteiger partial charge on any atom is -0.369 e. The first-order chi connectivity index (χ1) is 11.7. The minimum atomic E-state index is 0.194. The number of rotatable bonds is 2. The Balaban J connectivity index is 2.10. The number of anilines is 1. The van der Waals surface area contributed by atoms with Crippen molar-refractivity contribution in [1.82, 2.24) is 29.9 Å². The van der Waals surface area contributed by atoms with E-state index in [1.807, 2.05) is 36.4 Å². The summed E-state index contributed by atoms with van der Waals surface area (Å²) in [7, 11) is 0. The molecule has 116 valence electrons. The molecular formula is C16H11N7S. The zero-order chi connectivity index (χ0) is 16.5. The predicted octanol–water partition coefficient (Wildman–Crippen LogP) is 2.79. The zero-order valence-corrected chi connectivity index (χ0v) is 13.2. The number of aromatic amines is 1. The molecule has 0 spiro atoms. The van der Waals surface area contributed by atoms with Gasteiger partial charge in [0.15, 0.2) is 10.3 Å². The molecule has 0 fully saturated rings. The van der Waals surface area contributed by atoms with Gasteiger partial charge in [0.2, 0.25) is 5.95 Å². The average molecular weight is 333 g/mol. The van der Waals surface area contributed by atoms with Crippen LogP contribution < -0.4 is 5.73 Å². The standard InChI is InChI=1S/C16H11N7S/c17-16-22-14-13(15(24)23-16)20-11(9-5-1-3-7-18-9)12(21-14)10-6-2-4-8-19-10/h1-8H,(H3,17,21,22,23,24). The molecule has 0 bridgehead atoms. The molecule has 0 amide bonds. The number of pyridine rings is 2. The van der Waals surface area contributed by atoms with Crippen molar-refractivity contribution in [2.75, 3.05) is 5.73 Å². The molecule has 4 aromatic heterocycles. The molecule has 0 atom stereocenters. The number of nitrogens with two attached hydrogens (primary N) is 1. The summed E-state index contributed by atoms with van der Waals surface area (Å²) in [6.45, 7) is 0. The van der Waals surface area contributed by atoms with Crippen molar-refractivity contribution in [3.8, 4) is 22.8 Å². The SMILES string of the molecule is Nc1nc(=S)c2nc(-c3ccccn3)c(-c3ccccn3)nc2[nH]1. The van der Waals surface area contributed by atoms with Gasteiger partial charge in [0, 0.05) is 12.4 Å². The summed E-state index contributed by atoms with van der Waals surface area (Å²) in [6.07, 6.45) is 3.40. The van der Waals surface area contributed by atoms with Gasteiger partial charge in [-0.15, -0.1) is 0 Å². The first kappa shape index (κ1) is 14.3. The smallest absolute Gasteiger partial charge is 0.200 e. The monoisotopic (exact) mass is 333 g/mol. The topological polar surface area (TPSA) is 106 Å². The van der Waals surface area contributed by atoms with Gasteiger partial charge in [-0.25, -0.2) is 15.0 Å². The van der Waals surface area contributed by atoms with Crippen LogP contribution in [-0.4, -0.2) is 29.9 Å². The van der Waals surface area contributed by atoms with Crippen LogP contribution in [0.25, 0.3) is 33.9 Å². The van der Waals surface area contributed by atoms with E-state index in [4.69, 9.17) is 18.0 Å². The van der Waals surface area contributed by atoms with Crippen LogP contribution in [0.15, 0.2) is 48.8 Å². The lowest BCUT2D eigenvalue weighted by Crippen LogP contribution is -2.03. The van der Waals surface area contributed by atoms with Gasteiger partial charge in [0.25, 0.3) is 0 Å². The number of fused-ring (bicyclic) bond motifs is 1. The van der Waals surface area contributed by atoms with Gasteiger partial charge in [-0.2, -0.15) is 0 Å². The van der Waals surface area contributed by atoms with E-state index in [0.717, 1.165) is 0 Å². The average Bonchev–Trinajstić information content (AvgIpc) is 2.62. The molecule has 8 heteroatoms. The molecular weight excluding hydrogens is 322 g/mol. The van der Waals surface area contributed by atoms with Crippen LogP contribution in [0.4, 0.5) is 5.95 Å². The highest BCUT2D eigenvalue weighted by atomic mass is 32.1. The second-order valence-corrected chi connectivity index (χ2v) is 5.36. The summed E-state index contributed by atoms with van der Waals surface area (Å²) in [5, 5.41) is 0. The predicted molar refractivity (Wildman–Crippen MR) is 93.4 cm³/mol. The fourth-order valence-corrected chi connectivity index (χ4v) is 2.59. The third-order valence-corrected chi connectivity index (χ3v) is 3.67. The maximum atomic E-state index is 5.73. The van der Waals surface area contributed by atoms with Gasteiger partial charge >= 0.3 is 0 Å². The Morgan fingerprint density at radius 2 is 1.46 bits per heavy atom. The van der Waals surface area contributed by atoms with Crippen molar-refractivity contribution in [2.45, 2.75) is 0 Å². The first-order valence-corrected chi connectivity index (χ1v) is 7.53. The third-order valence-electron chi connectivity index (χ3n) is 3.38. The Labute approximate surface area is 141 Å². The van der Waals surface area contributed by atoms with Crippen LogP contribution in [0.3, 0.4) is 0 Å². The second-order valence-electron chi connectivity index (χ2n) is 4.98. The van der Waals surface area contributed by atoms with Gasteiger partial charge in [-0.3, -0.25) is 9.97 Å². The minimum absolute atomic E-state index is 0.194. The molecule has 0 aliphatic heterocycles. The van der Waals surface area contributed by atoms with Crippen LogP contribution in [-0.2, 0) is 0 Å². The molecule has 4 rings (SSSR count). The summed E-state index contributed by atoms with van der Waals surface area (Å²) in [5.41, 5.74) is 9.22. The van der Waals surface area contributed by atoms with E-state index in [1.165, 1.54) is 0 Å². The first-order valence-electron chi connectivity index (χ1n) is 7.13. The fourth-order valence-electron chi connectivity index (χ4n) is 2.35. The maximum Gasteiger partial charge on any atom is 0.200 e. The molecule has 4 heterocycles. The van der Waals surface area contributed by atoms with Crippen LogP contribution in [0, 0.1) is 4.64 Å². The molecule has 0 saturated carbocycles. The van der Waals surface area contributed by atoms with Gasteiger partial charge in [-0.1, -0.05) is 24.4 Å². The molecule has 0 aliphatic carbocycles. The summed E-state index contributed by atoms with van der Waals surface area (Å²) in [5.74, 6) is 0.194. The Morgan fingerprint density at radius 3 is 2.04 bits per heavy atom. The van der Waals surface area contributed by atoms with Crippen molar-refractivity contribution in [3.63, 3.8) is 0 Å². The molecule has 7 nitrogen and oxygen atoms in total. The lowest BCUT2D eigenvalue weighted by molar-refractivity contribution is 1.13. The lowest BCUT2D eigenvalue weighted by atomic mass is 10.1. The summed E-state index contributed by atoms with van der Waals surface area (Å²) in [6, 6.07) is 11.2. The van der Waals surface area contributed by atoms with Gasteiger partial charge in [0.05, 0.1) is 11.4 Å². The largest absolute Gasteiger partial charge is 0.369 e. The van der Waals surface area contributed by atoms with Crippen LogP contribution >= 0.6 is 12.2 Å². The Hall–Kier alpha value is -3.26. The molecule has 3 N–H and O–H groups in total. The third kappa shape index (κ3) is 2.48. The molecule has 0 unspecified atom stereocenters. The van der Waals surface area contributed by atoms with E-state index in [1.54, 1.807) is 12.4 Å². The molecule has 0 radical (unpaired) electrons. The number of nitrogens with one attached hydrogen (secondary N) is 1. The van der Waals surface area contributed by atoms with E-state index >= 15 is 0 Å². The Morgan fingerprint density at radius 1 is 0.833 bits per heavy atom. The summed E-state index contributed by atoms with van der Waals surface area (Å²) in [4.78, 5) is 25.0. The lowest BCUT2D eigenvalue weighted by Gasteiger charge is -2.09. The highest BCUT2D eigenvalue weighted by Crippen LogP contribution is 2.28. The number of H-pyrrole nitrogens is 1. The van der Waals surface area contributed by atoms with Gasteiger partial charge < -0.3 is 10.7 Å². The Kier molecular flexibility index (Phi) is 3.43. The van der Waals surface area contributed by atoms with Crippen molar-refractivity contribution < 1.29 is 0 Å². The second kappa shape index (κ2) is 5.74. The summed E-state index contributed by atoms with van der Waals surface area (Å²) < 4.78 is 0.290. The van der Waals surface area contributed by atoms with E-state index in [0.29, 0.717) is 38.6 Å². The van der Waals surface area contributed by atoms with Gasteiger partial charge in [0.1, 0.15) is 16.9 Å². The highest BCUT2D eigenvalue weighted by molar-refractivity contribution is 7.71. The van der Waals surface area contributed by atoms with Crippen LogP contribution in [0.5, 0.6) is 0 Å². The molecule has 0 aliphatic rings. The normalized spacial score (nSPS) is 10.8. The number of nitrogen functional groups attached to an aromatic ring is 1. The van der Waals surface area contributed by atoms with Crippen molar-refractivity contribution >= 4 is 29.3 Å². The fraction of sp³-hybridized carbons (Fsp3) is 0. The quantitative estimate of drug-likeness (QED) is 0.543. The van der Waals surface area contributed by atoms with Crippen molar-refractivity contribution in [3.05, 3.63) is 53.4 Å².